The Hall–Kier alpha value is -0.570. The molecule has 0 heterocycles. The van der Waals surface area contributed by atoms with Crippen molar-refractivity contribution in [2.24, 2.45) is 11.3 Å². The summed E-state index contributed by atoms with van der Waals surface area (Å²) in [5.74, 6) is 0.464. The highest BCUT2D eigenvalue weighted by Gasteiger charge is 2.32. The molecule has 0 aromatic rings. The van der Waals surface area contributed by atoms with Gasteiger partial charge in [-0.3, -0.25) is 4.79 Å². The minimum atomic E-state index is -0.0252. The van der Waals surface area contributed by atoms with Gasteiger partial charge in [0.1, 0.15) is 0 Å². The molecule has 3 heteroatoms. The second-order valence-electron chi connectivity index (χ2n) is 6.27. The fraction of sp³-hybridized carbons (Fsp3) is 0.933. The van der Waals surface area contributed by atoms with Gasteiger partial charge in [-0.25, -0.2) is 0 Å². The Bertz CT molecular complexity index is 266. The Morgan fingerprint density at radius 2 is 1.67 bits per heavy atom. The van der Waals surface area contributed by atoms with Crippen molar-refractivity contribution in [1.82, 2.24) is 5.32 Å². The summed E-state index contributed by atoms with van der Waals surface area (Å²) >= 11 is 0. The molecule has 2 aliphatic rings. The Kier molecular flexibility index (Phi) is 5.04. The predicted octanol–water partition coefficient (Wildman–Crippen LogP) is 2.63. The van der Waals surface area contributed by atoms with E-state index < -0.39 is 0 Å². The van der Waals surface area contributed by atoms with Gasteiger partial charge < -0.3 is 10.4 Å². The van der Waals surface area contributed by atoms with Gasteiger partial charge in [-0.15, -0.1) is 0 Å². The van der Waals surface area contributed by atoms with Crippen LogP contribution in [-0.2, 0) is 4.79 Å². The highest BCUT2D eigenvalue weighted by molar-refractivity contribution is 5.78. The van der Waals surface area contributed by atoms with Crippen LogP contribution in [-0.4, -0.2) is 24.2 Å². The molecule has 0 bridgehead atoms. The summed E-state index contributed by atoms with van der Waals surface area (Å²) in [5, 5.41) is 12.7. The summed E-state index contributed by atoms with van der Waals surface area (Å²) in [7, 11) is 0. The van der Waals surface area contributed by atoms with Gasteiger partial charge >= 0.3 is 0 Å². The lowest BCUT2D eigenvalue weighted by molar-refractivity contribution is -0.126. The molecule has 104 valence electrons. The fourth-order valence-electron chi connectivity index (χ4n) is 3.48. The van der Waals surface area contributed by atoms with Crippen LogP contribution in [0.2, 0.25) is 0 Å². The number of amides is 1. The van der Waals surface area contributed by atoms with Crippen LogP contribution in [0.15, 0.2) is 0 Å². The summed E-state index contributed by atoms with van der Waals surface area (Å²) in [5.41, 5.74) is -0.0252. The third-order valence-electron chi connectivity index (χ3n) is 4.86. The van der Waals surface area contributed by atoms with Crippen molar-refractivity contribution in [1.29, 1.82) is 0 Å². The minimum Gasteiger partial charge on any atom is -0.396 e. The molecule has 2 fully saturated rings. The molecular formula is C15H27NO2. The molecule has 2 saturated carbocycles. The first kappa shape index (κ1) is 13.9. The number of nitrogens with one attached hydrogen (secondary N) is 1. The van der Waals surface area contributed by atoms with Gasteiger partial charge in [-0.05, 0) is 25.7 Å². The summed E-state index contributed by atoms with van der Waals surface area (Å²) < 4.78 is 0. The van der Waals surface area contributed by atoms with Crippen molar-refractivity contribution in [3.8, 4) is 0 Å². The van der Waals surface area contributed by atoms with Gasteiger partial charge in [0, 0.05) is 17.9 Å². The molecule has 0 aromatic heterocycles. The number of carbonyl (C=O) groups excluding carboxylic acids is 1. The van der Waals surface area contributed by atoms with Crippen LogP contribution in [0.4, 0.5) is 0 Å². The Labute approximate surface area is 110 Å². The summed E-state index contributed by atoms with van der Waals surface area (Å²) in [6, 6.07) is 0. The summed E-state index contributed by atoms with van der Waals surface area (Å²) in [6.07, 6.45) is 11.6. The van der Waals surface area contributed by atoms with Gasteiger partial charge in [0.25, 0.3) is 0 Å². The van der Waals surface area contributed by atoms with Gasteiger partial charge in [0.2, 0.25) is 5.91 Å². The summed E-state index contributed by atoms with van der Waals surface area (Å²) in [6.45, 7) is 0.900. The lowest BCUT2D eigenvalue weighted by Crippen LogP contribution is -2.43. The molecule has 2 aliphatic carbocycles. The first-order valence-corrected chi connectivity index (χ1v) is 7.64. The van der Waals surface area contributed by atoms with Crippen LogP contribution in [0.3, 0.4) is 0 Å². The normalized spacial score (nSPS) is 24.7. The smallest absolute Gasteiger partial charge is 0.223 e. The zero-order chi connectivity index (χ0) is 12.8. The minimum absolute atomic E-state index is 0.0252. The standard InChI is InChI=1S/C15H27NO2/c17-12-15(9-5-2-6-10-15)11-16-14(18)13-7-3-1-4-8-13/h13,17H,1-12H2,(H,16,18). The summed E-state index contributed by atoms with van der Waals surface area (Å²) in [4.78, 5) is 12.1. The number of hydrogen-bond donors (Lipinski definition) is 2. The molecule has 18 heavy (non-hydrogen) atoms. The fourth-order valence-corrected chi connectivity index (χ4v) is 3.48. The molecular weight excluding hydrogens is 226 g/mol. The van der Waals surface area contributed by atoms with Crippen molar-refractivity contribution in [2.75, 3.05) is 13.2 Å². The average molecular weight is 253 g/mol. The topological polar surface area (TPSA) is 49.3 Å². The van der Waals surface area contributed by atoms with Crippen LogP contribution >= 0.6 is 0 Å². The lowest BCUT2D eigenvalue weighted by Gasteiger charge is -2.36. The quantitative estimate of drug-likeness (QED) is 0.809. The number of aliphatic hydroxyl groups is 1. The van der Waals surface area contributed by atoms with E-state index in [9.17, 15) is 9.90 Å². The predicted molar refractivity (Wildman–Crippen MR) is 72.2 cm³/mol. The monoisotopic (exact) mass is 253 g/mol. The van der Waals surface area contributed by atoms with Crippen LogP contribution in [0.1, 0.15) is 64.2 Å². The molecule has 0 aliphatic heterocycles. The molecule has 0 spiro atoms. The SMILES string of the molecule is O=C(NCC1(CO)CCCCC1)C1CCCCC1. The van der Waals surface area contributed by atoms with Crippen LogP contribution in [0, 0.1) is 11.3 Å². The average Bonchev–Trinajstić information content (AvgIpc) is 2.47. The van der Waals surface area contributed by atoms with Crippen LogP contribution in [0.25, 0.3) is 0 Å². The molecule has 0 atom stereocenters. The van der Waals surface area contributed by atoms with Crippen molar-refractivity contribution in [2.45, 2.75) is 64.2 Å². The third kappa shape index (κ3) is 3.47. The second-order valence-corrected chi connectivity index (χ2v) is 6.27. The van der Waals surface area contributed by atoms with E-state index in [0.717, 1.165) is 25.7 Å². The maximum Gasteiger partial charge on any atom is 0.223 e. The third-order valence-corrected chi connectivity index (χ3v) is 4.86. The zero-order valence-electron chi connectivity index (χ0n) is 11.4. The molecule has 2 rings (SSSR count). The molecule has 3 nitrogen and oxygen atoms in total. The molecule has 0 saturated heterocycles. The van der Waals surface area contributed by atoms with E-state index >= 15 is 0 Å². The van der Waals surface area contributed by atoms with Crippen molar-refractivity contribution >= 4 is 5.91 Å². The Morgan fingerprint density at radius 1 is 1.06 bits per heavy atom. The van der Waals surface area contributed by atoms with Gasteiger partial charge in [0.05, 0.1) is 6.61 Å². The maximum absolute atomic E-state index is 12.1. The van der Waals surface area contributed by atoms with Gasteiger partial charge in [-0.2, -0.15) is 0 Å². The molecule has 0 aromatic carbocycles. The van der Waals surface area contributed by atoms with E-state index in [-0.39, 0.29) is 23.8 Å². The molecule has 1 amide bonds. The van der Waals surface area contributed by atoms with Crippen molar-refractivity contribution in [3.05, 3.63) is 0 Å². The van der Waals surface area contributed by atoms with E-state index in [1.54, 1.807) is 0 Å². The second kappa shape index (κ2) is 6.55. The van der Waals surface area contributed by atoms with E-state index in [1.165, 1.54) is 38.5 Å². The van der Waals surface area contributed by atoms with Gasteiger partial charge in [-0.1, -0.05) is 38.5 Å². The Balaban J connectivity index is 1.79. The van der Waals surface area contributed by atoms with E-state index in [0.29, 0.717) is 6.54 Å². The highest BCUT2D eigenvalue weighted by Crippen LogP contribution is 2.35. The van der Waals surface area contributed by atoms with E-state index in [1.807, 2.05) is 0 Å². The lowest BCUT2D eigenvalue weighted by atomic mass is 9.74. The number of rotatable bonds is 4. The maximum atomic E-state index is 12.1. The molecule has 0 radical (unpaired) electrons. The number of aliphatic hydroxyl groups excluding tert-OH is 1. The molecule has 0 unspecified atom stereocenters. The first-order valence-electron chi connectivity index (χ1n) is 7.64. The number of carbonyl (C=O) groups is 1. The van der Waals surface area contributed by atoms with E-state index in [2.05, 4.69) is 5.32 Å². The van der Waals surface area contributed by atoms with Crippen LogP contribution < -0.4 is 5.32 Å². The van der Waals surface area contributed by atoms with Crippen molar-refractivity contribution < 1.29 is 9.90 Å². The van der Waals surface area contributed by atoms with Gasteiger partial charge in [0.15, 0.2) is 0 Å². The number of hydrogen-bond acceptors (Lipinski definition) is 2. The Morgan fingerprint density at radius 3 is 2.28 bits per heavy atom. The highest BCUT2D eigenvalue weighted by atomic mass is 16.3. The zero-order valence-corrected chi connectivity index (χ0v) is 11.4. The first-order chi connectivity index (χ1) is 8.76. The molecule has 2 N–H and O–H groups in total. The van der Waals surface area contributed by atoms with E-state index in [4.69, 9.17) is 0 Å². The largest absolute Gasteiger partial charge is 0.396 e. The van der Waals surface area contributed by atoms with Crippen molar-refractivity contribution in [3.63, 3.8) is 0 Å². The van der Waals surface area contributed by atoms with Crippen LogP contribution in [0.5, 0.6) is 0 Å².